The first-order chi connectivity index (χ1) is 3.35. The molecule has 2 N–H and O–H groups in total. The molecule has 0 aliphatic carbocycles. The molecule has 7 heavy (non-hydrogen) atoms. The number of hydrogen-bond acceptors (Lipinski definition) is 4. The third-order valence-electron chi connectivity index (χ3n) is 0.387. The van der Waals surface area contributed by atoms with Crippen LogP contribution in [0.2, 0.25) is 0 Å². The van der Waals surface area contributed by atoms with Crippen molar-refractivity contribution in [1.29, 1.82) is 10.5 Å². The molecule has 0 bridgehead atoms. The van der Waals surface area contributed by atoms with E-state index in [0.717, 1.165) is 0 Å². The third-order valence-corrected chi connectivity index (χ3v) is 0.387. The molecule has 0 unspecified atom stereocenters. The van der Waals surface area contributed by atoms with Crippen LogP contribution >= 0.6 is 0 Å². The summed E-state index contributed by atoms with van der Waals surface area (Å²) in [4.78, 5) is 0. The summed E-state index contributed by atoms with van der Waals surface area (Å²) >= 11 is 0. The molecule has 4 heteroatoms. The number of hydroxylamine groups is 1. The summed E-state index contributed by atoms with van der Waals surface area (Å²) in [7, 11) is 0. The molecule has 0 amide bonds. The predicted octanol–water partition coefficient (Wildman–Crippen LogP) is -0.619. The maximum absolute atomic E-state index is 7.83. The maximum Gasteiger partial charge on any atom is 0.204 e. The van der Waals surface area contributed by atoms with Gasteiger partial charge in [0.2, 0.25) is 6.04 Å². The number of hydrogen-bond donors (Lipinski definition) is 2. The molecule has 0 fully saturated rings. The SMILES string of the molecule is N#CC(C#N)NO. The number of rotatable bonds is 1. The van der Waals surface area contributed by atoms with Crippen molar-refractivity contribution in [3.8, 4) is 12.1 Å². The normalized spacial score (nSPS) is 7.43. The molecular formula is C3H3N3O. The molecule has 0 aliphatic rings. The minimum absolute atomic E-state index is 1.10. The largest absolute Gasteiger partial charge is 0.315 e. The number of nitrogens with zero attached hydrogens (tertiary/aromatic N) is 2. The first kappa shape index (κ1) is 5.90. The van der Waals surface area contributed by atoms with E-state index in [1.807, 2.05) is 0 Å². The molecule has 0 aromatic rings. The highest BCUT2D eigenvalue weighted by Gasteiger charge is 1.97. The lowest BCUT2D eigenvalue weighted by molar-refractivity contribution is 0.162. The summed E-state index contributed by atoms with van der Waals surface area (Å²) in [5.41, 5.74) is 1.48. The van der Waals surface area contributed by atoms with Crippen LogP contribution in [-0.2, 0) is 0 Å². The van der Waals surface area contributed by atoms with E-state index < -0.39 is 6.04 Å². The van der Waals surface area contributed by atoms with Crippen molar-refractivity contribution >= 4 is 0 Å². The van der Waals surface area contributed by atoms with Crippen LogP contribution in [0.5, 0.6) is 0 Å². The van der Waals surface area contributed by atoms with Gasteiger partial charge in [0.25, 0.3) is 0 Å². The fourth-order valence-electron chi connectivity index (χ4n) is 0.0866. The molecular weight excluding hydrogens is 94.1 g/mol. The highest BCUT2D eigenvalue weighted by atomic mass is 16.5. The van der Waals surface area contributed by atoms with E-state index in [9.17, 15) is 0 Å². The molecule has 4 nitrogen and oxygen atoms in total. The number of nitriles is 2. The Hall–Kier alpha value is -1.10. The second kappa shape index (κ2) is 3.10. The lowest BCUT2D eigenvalue weighted by Gasteiger charge is -1.87. The third kappa shape index (κ3) is 1.72. The topological polar surface area (TPSA) is 79.8 Å². The summed E-state index contributed by atoms with van der Waals surface area (Å²) in [6, 6.07) is 1.86. The van der Waals surface area contributed by atoms with Crippen molar-refractivity contribution in [2.24, 2.45) is 0 Å². The highest BCUT2D eigenvalue weighted by Crippen LogP contribution is 1.68. The molecule has 0 heterocycles. The first-order valence-corrected chi connectivity index (χ1v) is 1.54. The summed E-state index contributed by atoms with van der Waals surface area (Å²) in [5.74, 6) is 0. The van der Waals surface area contributed by atoms with Crippen LogP contribution in [0.15, 0.2) is 0 Å². The molecule has 0 aromatic carbocycles. The van der Waals surface area contributed by atoms with E-state index >= 15 is 0 Å². The van der Waals surface area contributed by atoms with E-state index in [4.69, 9.17) is 15.7 Å². The van der Waals surface area contributed by atoms with E-state index in [-0.39, 0.29) is 0 Å². The van der Waals surface area contributed by atoms with Gasteiger partial charge in [-0.2, -0.15) is 16.0 Å². The van der Waals surface area contributed by atoms with E-state index in [1.165, 1.54) is 17.6 Å². The van der Waals surface area contributed by atoms with Gasteiger partial charge in [-0.3, -0.25) is 0 Å². The molecule has 0 atom stereocenters. The fraction of sp³-hybridized carbons (Fsp3) is 0.333. The van der Waals surface area contributed by atoms with Crippen LogP contribution in [-0.4, -0.2) is 11.2 Å². The molecule has 0 saturated carbocycles. The first-order valence-electron chi connectivity index (χ1n) is 1.54. The van der Waals surface area contributed by atoms with E-state index in [1.54, 1.807) is 0 Å². The Bertz CT molecular complexity index is 105. The van der Waals surface area contributed by atoms with Gasteiger partial charge in [-0.1, -0.05) is 0 Å². The van der Waals surface area contributed by atoms with Gasteiger partial charge in [-0.25, -0.2) is 0 Å². The minimum Gasteiger partial charge on any atom is -0.315 e. The molecule has 36 valence electrons. The van der Waals surface area contributed by atoms with Crippen LogP contribution in [0.3, 0.4) is 0 Å². The molecule has 0 aromatic heterocycles. The van der Waals surface area contributed by atoms with Crippen LogP contribution in [0, 0.1) is 22.7 Å². The van der Waals surface area contributed by atoms with Crippen molar-refractivity contribution in [2.45, 2.75) is 6.04 Å². The van der Waals surface area contributed by atoms with Crippen LogP contribution in [0.4, 0.5) is 0 Å². The summed E-state index contributed by atoms with van der Waals surface area (Å²) in [5, 5.41) is 23.5. The van der Waals surface area contributed by atoms with Crippen LogP contribution < -0.4 is 5.48 Å². The van der Waals surface area contributed by atoms with Crippen molar-refractivity contribution in [2.75, 3.05) is 0 Å². The average molecular weight is 97.1 g/mol. The lowest BCUT2D eigenvalue weighted by atomic mass is 10.4. The Labute approximate surface area is 40.6 Å². The van der Waals surface area contributed by atoms with Crippen molar-refractivity contribution in [1.82, 2.24) is 5.48 Å². The Balaban J connectivity index is 3.50. The van der Waals surface area contributed by atoms with Crippen molar-refractivity contribution in [3.05, 3.63) is 0 Å². The van der Waals surface area contributed by atoms with Crippen LogP contribution in [0.25, 0.3) is 0 Å². The molecule has 0 radical (unpaired) electrons. The zero-order chi connectivity index (χ0) is 5.70. The summed E-state index contributed by atoms with van der Waals surface area (Å²) < 4.78 is 0. The maximum atomic E-state index is 7.83. The van der Waals surface area contributed by atoms with Gasteiger partial charge in [0, 0.05) is 0 Å². The monoisotopic (exact) mass is 97.0 g/mol. The number of nitrogens with one attached hydrogen (secondary N) is 1. The molecule has 0 aliphatic heterocycles. The van der Waals surface area contributed by atoms with E-state index in [2.05, 4.69) is 0 Å². The second-order valence-corrected chi connectivity index (χ2v) is 0.820. The average Bonchev–Trinajstić information content (AvgIpc) is 1.72. The van der Waals surface area contributed by atoms with Gasteiger partial charge in [0.05, 0.1) is 12.1 Å². The smallest absolute Gasteiger partial charge is 0.204 e. The Morgan fingerprint density at radius 3 is 1.86 bits per heavy atom. The second-order valence-electron chi connectivity index (χ2n) is 0.820. The molecule has 0 saturated heterocycles. The molecule has 0 rings (SSSR count). The zero-order valence-corrected chi connectivity index (χ0v) is 3.42. The highest BCUT2D eigenvalue weighted by molar-refractivity contribution is 5.03. The Kier molecular flexibility index (Phi) is 2.62. The van der Waals surface area contributed by atoms with Gasteiger partial charge in [-0.15, -0.1) is 0 Å². The standard InChI is InChI=1S/C3H3N3O/c4-1-3(2-5)6-7/h3,6-7H. The van der Waals surface area contributed by atoms with Crippen molar-refractivity contribution in [3.63, 3.8) is 0 Å². The molecule has 0 spiro atoms. The Morgan fingerprint density at radius 1 is 1.43 bits per heavy atom. The summed E-state index contributed by atoms with van der Waals surface area (Å²) in [6.45, 7) is 0. The summed E-state index contributed by atoms with van der Waals surface area (Å²) in [6.07, 6.45) is 0. The zero-order valence-electron chi connectivity index (χ0n) is 3.42. The van der Waals surface area contributed by atoms with Gasteiger partial charge < -0.3 is 5.21 Å². The van der Waals surface area contributed by atoms with Gasteiger partial charge in [0.1, 0.15) is 0 Å². The fourth-order valence-corrected chi connectivity index (χ4v) is 0.0866. The van der Waals surface area contributed by atoms with E-state index in [0.29, 0.717) is 0 Å². The predicted molar refractivity (Wildman–Crippen MR) is 19.9 cm³/mol. The minimum atomic E-state index is -1.10. The van der Waals surface area contributed by atoms with Gasteiger partial charge in [-0.05, 0) is 0 Å². The van der Waals surface area contributed by atoms with Crippen molar-refractivity contribution < 1.29 is 5.21 Å². The van der Waals surface area contributed by atoms with Gasteiger partial charge >= 0.3 is 0 Å². The van der Waals surface area contributed by atoms with Gasteiger partial charge in [0.15, 0.2) is 0 Å². The lowest BCUT2D eigenvalue weighted by Crippen LogP contribution is -2.20. The van der Waals surface area contributed by atoms with Crippen LogP contribution in [0.1, 0.15) is 0 Å². The quantitative estimate of drug-likeness (QED) is 0.427. The Morgan fingerprint density at radius 2 is 1.86 bits per heavy atom.